The third-order valence-electron chi connectivity index (χ3n) is 3.96. The van der Waals surface area contributed by atoms with E-state index in [0.29, 0.717) is 5.75 Å². The Labute approximate surface area is 169 Å². The summed E-state index contributed by atoms with van der Waals surface area (Å²) in [6, 6.07) is 6.93. The molecule has 0 aromatic heterocycles. The maximum atomic E-state index is 13.7. The summed E-state index contributed by atoms with van der Waals surface area (Å²) in [5, 5.41) is 3.57. The molecule has 0 saturated heterocycles. The van der Waals surface area contributed by atoms with Crippen LogP contribution in [-0.2, 0) is 4.84 Å². The number of carbonyl (C=O) groups is 1. The molecule has 0 atom stereocenters. The van der Waals surface area contributed by atoms with Crippen molar-refractivity contribution >= 4 is 17.8 Å². The fourth-order valence-electron chi connectivity index (χ4n) is 2.23. The molecule has 9 heteroatoms. The topological polar surface area (TPSA) is 47.9 Å². The lowest BCUT2D eigenvalue weighted by Crippen LogP contribution is -2.20. The average Bonchev–Trinajstić information content (AvgIpc) is 2.70. The second kappa shape index (κ2) is 9.06. The number of methoxy groups -OCH3 is 1. The number of hydrogen-bond acceptors (Lipinski definition) is 4. The van der Waals surface area contributed by atoms with E-state index in [-0.39, 0.29) is 5.71 Å². The summed E-state index contributed by atoms with van der Waals surface area (Å²) in [6.07, 6.45) is 3.13. The highest BCUT2D eigenvalue weighted by atomic mass is 19.2. The van der Waals surface area contributed by atoms with Crippen molar-refractivity contribution in [1.82, 2.24) is 0 Å². The van der Waals surface area contributed by atoms with E-state index in [4.69, 9.17) is 4.74 Å². The van der Waals surface area contributed by atoms with E-state index in [0.717, 1.165) is 5.56 Å². The zero-order valence-corrected chi connectivity index (χ0v) is 16.5. The summed E-state index contributed by atoms with van der Waals surface area (Å²) >= 11 is 0. The molecule has 0 aliphatic heterocycles. The highest BCUT2D eigenvalue weighted by molar-refractivity contribution is 6.02. The Bertz CT molecular complexity index is 980. The highest BCUT2D eigenvalue weighted by Crippen LogP contribution is 2.24. The van der Waals surface area contributed by atoms with Crippen LogP contribution in [-0.4, -0.2) is 18.8 Å². The number of ether oxygens (including phenoxy) is 1. The normalized spacial score (nSPS) is 12.4. The van der Waals surface area contributed by atoms with Crippen LogP contribution in [0, 0.1) is 34.5 Å². The van der Waals surface area contributed by atoms with Crippen LogP contribution in [0.3, 0.4) is 0 Å². The van der Waals surface area contributed by atoms with Gasteiger partial charge in [-0.3, -0.25) is 0 Å². The number of benzene rings is 2. The second-order valence-electron chi connectivity index (χ2n) is 7.16. The summed E-state index contributed by atoms with van der Waals surface area (Å²) in [6.45, 7) is 5.16. The number of oxime groups is 1. The zero-order valence-electron chi connectivity index (χ0n) is 16.5. The zero-order chi connectivity index (χ0) is 22.6. The minimum atomic E-state index is -2.37. The Morgan fingerprint density at radius 1 is 0.900 bits per heavy atom. The molecule has 2 aromatic rings. The molecule has 160 valence electrons. The predicted molar refractivity (Wildman–Crippen MR) is 101 cm³/mol. The first-order valence-electron chi connectivity index (χ1n) is 8.60. The van der Waals surface area contributed by atoms with Gasteiger partial charge in [0.05, 0.1) is 12.8 Å². The van der Waals surface area contributed by atoms with Crippen LogP contribution in [0.1, 0.15) is 36.7 Å². The summed E-state index contributed by atoms with van der Waals surface area (Å²) in [4.78, 5) is 16.5. The molecule has 30 heavy (non-hydrogen) atoms. The van der Waals surface area contributed by atoms with E-state index in [9.17, 15) is 26.7 Å². The van der Waals surface area contributed by atoms with Gasteiger partial charge in [0, 0.05) is 5.41 Å². The molecule has 0 aliphatic rings. The van der Waals surface area contributed by atoms with Crippen molar-refractivity contribution in [1.29, 1.82) is 0 Å². The molecule has 0 radical (unpaired) electrons. The van der Waals surface area contributed by atoms with Crippen LogP contribution < -0.4 is 4.74 Å². The lowest BCUT2D eigenvalue weighted by Gasteiger charge is -2.17. The van der Waals surface area contributed by atoms with Crippen molar-refractivity contribution in [3.63, 3.8) is 0 Å². The molecule has 0 aliphatic carbocycles. The largest absolute Gasteiger partial charge is 0.497 e. The first kappa shape index (κ1) is 23.1. The fourth-order valence-corrected chi connectivity index (χ4v) is 2.23. The molecule has 0 spiro atoms. The van der Waals surface area contributed by atoms with Gasteiger partial charge in [0.1, 0.15) is 11.3 Å². The van der Waals surface area contributed by atoms with Gasteiger partial charge in [0.15, 0.2) is 23.3 Å². The number of halogens is 5. The Hall–Kier alpha value is -3.23. The Kier molecular flexibility index (Phi) is 6.96. The third-order valence-corrected chi connectivity index (χ3v) is 3.96. The third kappa shape index (κ3) is 5.03. The Balaban J connectivity index is 2.33. The SMILES string of the molecule is COc1ccc(/C=C/C(=N/OC(=O)c2c(F)c(F)c(F)c(F)c2F)C(C)(C)C)cc1. The lowest BCUT2D eigenvalue weighted by atomic mass is 9.89. The molecule has 2 aromatic carbocycles. The smallest absolute Gasteiger partial charge is 0.371 e. The van der Waals surface area contributed by atoms with Gasteiger partial charge in [-0.25, -0.2) is 26.7 Å². The quantitative estimate of drug-likeness (QED) is 0.154. The van der Waals surface area contributed by atoms with Crippen molar-refractivity contribution in [3.8, 4) is 5.75 Å². The molecule has 0 unspecified atom stereocenters. The van der Waals surface area contributed by atoms with Gasteiger partial charge in [-0.15, -0.1) is 0 Å². The molecule has 0 N–H and O–H groups in total. The summed E-state index contributed by atoms with van der Waals surface area (Å²) in [5.74, 6) is -12.6. The average molecular weight is 427 g/mol. The Morgan fingerprint density at radius 2 is 1.40 bits per heavy atom. The molecule has 0 saturated carbocycles. The minimum Gasteiger partial charge on any atom is -0.497 e. The van der Waals surface area contributed by atoms with Crippen molar-refractivity contribution in [2.45, 2.75) is 20.8 Å². The van der Waals surface area contributed by atoms with Gasteiger partial charge in [-0.2, -0.15) is 0 Å². The standard InChI is InChI=1S/C21H18F5NO3/c1-21(2,3)13(10-7-11-5-8-12(29-4)9-6-11)27-30-20(28)14-15(22)17(24)19(26)18(25)16(14)23/h5-10H,1-4H3/b10-7+,27-13-. The van der Waals surface area contributed by atoms with Crippen LogP contribution in [0.2, 0.25) is 0 Å². The van der Waals surface area contributed by atoms with Gasteiger partial charge >= 0.3 is 5.97 Å². The maximum absolute atomic E-state index is 13.7. The van der Waals surface area contributed by atoms with Gasteiger partial charge in [-0.05, 0) is 23.8 Å². The highest BCUT2D eigenvalue weighted by Gasteiger charge is 2.31. The van der Waals surface area contributed by atoms with Crippen molar-refractivity contribution < 1.29 is 36.3 Å². The number of carbonyl (C=O) groups excluding carboxylic acids is 1. The summed E-state index contributed by atoms with van der Waals surface area (Å²) in [7, 11) is 1.52. The minimum absolute atomic E-state index is 0.176. The van der Waals surface area contributed by atoms with Gasteiger partial charge in [-0.1, -0.05) is 44.1 Å². The van der Waals surface area contributed by atoms with Crippen LogP contribution in [0.4, 0.5) is 22.0 Å². The lowest BCUT2D eigenvalue weighted by molar-refractivity contribution is 0.0498. The monoisotopic (exact) mass is 427 g/mol. The molecular weight excluding hydrogens is 409 g/mol. The number of allylic oxidation sites excluding steroid dienone is 1. The summed E-state index contributed by atoms with van der Waals surface area (Å²) < 4.78 is 72.2. The van der Waals surface area contributed by atoms with Gasteiger partial charge in [0.2, 0.25) is 5.82 Å². The van der Waals surface area contributed by atoms with Crippen molar-refractivity contribution in [2.24, 2.45) is 10.6 Å². The number of hydrogen-bond donors (Lipinski definition) is 0. The second-order valence-corrected chi connectivity index (χ2v) is 7.16. The number of nitrogens with zero attached hydrogens (tertiary/aromatic N) is 1. The van der Waals surface area contributed by atoms with Gasteiger partial charge in [0.25, 0.3) is 0 Å². The Morgan fingerprint density at radius 3 is 1.87 bits per heavy atom. The summed E-state index contributed by atoms with van der Waals surface area (Å²) in [5.41, 5.74) is -1.48. The van der Waals surface area contributed by atoms with E-state index in [1.165, 1.54) is 13.2 Å². The fraction of sp³-hybridized carbons (Fsp3) is 0.238. The maximum Gasteiger partial charge on any atom is 0.371 e. The van der Waals surface area contributed by atoms with Crippen LogP contribution in [0.15, 0.2) is 35.5 Å². The van der Waals surface area contributed by atoms with E-state index in [2.05, 4.69) is 9.99 Å². The van der Waals surface area contributed by atoms with Gasteiger partial charge < -0.3 is 9.57 Å². The van der Waals surface area contributed by atoms with E-state index in [1.54, 1.807) is 51.1 Å². The number of rotatable bonds is 5. The molecule has 0 amide bonds. The van der Waals surface area contributed by atoms with Crippen LogP contribution >= 0.6 is 0 Å². The molecule has 0 bridgehead atoms. The van der Waals surface area contributed by atoms with E-state index >= 15 is 0 Å². The molecule has 0 heterocycles. The molecule has 2 rings (SSSR count). The van der Waals surface area contributed by atoms with Crippen LogP contribution in [0.25, 0.3) is 6.08 Å². The molecule has 4 nitrogen and oxygen atoms in total. The first-order chi connectivity index (χ1) is 14.0. The van der Waals surface area contributed by atoms with E-state index < -0.39 is 46.0 Å². The van der Waals surface area contributed by atoms with Crippen molar-refractivity contribution in [3.05, 3.63) is 70.6 Å². The van der Waals surface area contributed by atoms with E-state index in [1.807, 2.05) is 0 Å². The first-order valence-corrected chi connectivity index (χ1v) is 8.60. The van der Waals surface area contributed by atoms with Crippen molar-refractivity contribution in [2.75, 3.05) is 7.11 Å². The molecule has 0 fully saturated rings. The van der Waals surface area contributed by atoms with Crippen LogP contribution in [0.5, 0.6) is 5.75 Å². The predicted octanol–water partition coefficient (Wildman–Crippen LogP) is 5.66. The molecular formula is C21H18F5NO3.